The minimum absolute atomic E-state index is 0.0358. The Bertz CT molecular complexity index is 222. The Morgan fingerprint density at radius 2 is 2.19 bits per heavy atom. The number of hydrogen-bond acceptors (Lipinski definition) is 3. The fourth-order valence-electron chi connectivity index (χ4n) is 2.31. The van der Waals surface area contributed by atoms with Gasteiger partial charge in [-0.15, -0.1) is 0 Å². The summed E-state index contributed by atoms with van der Waals surface area (Å²) >= 11 is 0. The van der Waals surface area contributed by atoms with Crippen LogP contribution in [0.15, 0.2) is 0 Å². The van der Waals surface area contributed by atoms with Crippen molar-refractivity contribution in [1.29, 1.82) is 0 Å². The second-order valence-electron chi connectivity index (χ2n) is 4.72. The molecule has 0 saturated carbocycles. The largest absolute Gasteiger partial charge is 0.338 e. The van der Waals surface area contributed by atoms with Crippen molar-refractivity contribution in [2.75, 3.05) is 26.2 Å². The third-order valence-corrected chi connectivity index (χ3v) is 3.33. The lowest BCUT2D eigenvalue weighted by molar-refractivity contribution is 0.228. The molecule has 0 bridgehead atoms. The smallest absolute Gasteiger partial charge is 0.316 e. The lowest BCUT2D eigenvalue weighted by atomic mass is 10.1. The van der Waals surface area contributed by atoms with Crippen LogP contribution in [0.2, 0.25) is 0 Å². The third kappa shape index (κ3) is 3.64. The molecule has 2 aliphatic rings. The summed E-state index contributed by atoms with van der Waals surface area (Å²) in [7, 11) is 0. The molecule has 4 N–H and O–H groups in total. The van der Waals surface area contributed by atoms with Crippen LogP contribution in [0.3, 0.4) is 0 Å². The van der Waals surface area contributed by atoms with Gasteiger partial charge in [0.2, 0.25) is 0 Å². The summed E-state index contributed by atoms with van der Waals surface area (Å²) in [5.41, 5.74) is 0. The van der Waals surface area contributed by atoms with Gasteiger partial charge < -0.3 is 16.0 Å². The Morgan fingerprint density at radius 3 is 2.88 bits per heavy atom. The van der Waals surface area contributed by atoms with E-state index in [1.54, 1.807) is 0 Å². The second kappa shape index (κ2) is 6.06. The average Bonchev–Trinajstić information content (AvgIpc) is 2.81. The van der Waals surface area contributed by atoms with E-state index in [2.05, 4.69) is 21.3 Å². The SMILES string of the molecule is O=C(NCC1CCNC1)NC1CCCCN1. The van der Waals surface area contributed by atoms with E-state index in [9.17, 15) is 4.79 Å². The Morgan fingerprint density at radius 1 is 1.25 bits per heavy atom. The van der Waals surface area contributed by atoms with Crippen LogP contribution < -0.4 is 21.3 Å². The Hall–Kier alpha value is -0.810. The van der Waals surface area contributed by atoms with Crippen LogP contribution in [0.1, 0.15) is 25.7 Å². The number of carbonyl (C=O) groups excluding carboxylic acids is 1. The molecule has 0 aliphatic carbocycles. The van der Waals surface area contributed by atoms with Crippen molar-refractivity contribution in [2.45, 2.75) is 31.8 Å². The van der Waals surface area contributed by atoms with Crippen molar-refractivity contribution >= 4 is 6.03 Å². The zero-order valence-corrected chi connectivity index (χ0v) is 9.72. The molecule has 2 rings (SSSR count). The normalized spacial score (nSPS) is 30.0. The third-order valence-electron chi connectivity index (χ3n) is 3.33. The van der Waals surface area contributed by atoms with E-state index in [0.29, 0.717) is 5.92 Å². The molecule has 16 heavy (non-hydrogen) atoms. The molecule has 2 amide bonds. The molecular formula is C11H22N4O. The van der Waals surface area contributed by atoms with E-state index in [-0.39, 0.29) is 12.2 Å². The first-order chi connectivity index (χ1) is 7.84. The van der Waals surface area contributed by atoms with Crippen LogP contribution in [0.5, 0.6) is 0 Å². The van der Waals surface area contributed by atoms with Crippen LogP contribution in [0.4, 0.5) is 4.79 Å². The summed E-state index contributed by atoms with van der Waals surface area (Å²) < 4.78 is 0. The van der Waals surface area contributed by atoms with Crippen LogP contribution in [-0.2, 0) is 0 Å². The van der Waals surface area contributed by atoms with Crippen LogP contribution >= 0.6 is 0 Å². The van der Waals surface area contributed by atoms with Gasteiger partial charge in [0.05, 0.1) is 6.17 Å². The molecule has 2 heterocycles. The molecule has 0 radical (unpaired) electrons. The predicted molar refractivity (Wildman–Crippen MR) is 63.2 cm³/mol. The summed E-state index contributed by atoms with van der Waals surface area (Å²) in [6, 6.07) is -0.0358. The molecule has 2 atom stereocenters. The quantitative estimate of drug-likeness (QED) is 0.547. The fourth-order valence-corrected chi connectivity index (χ4v) is 2.31. The van der Waals surface area contributed by atoms with Crippen molar-refractivity contribution in [2.24, 2.45) is 5.92 Å². The van der Waals surface area contributed by atoms with Crippen molar-refractivity contribution in [3.63, 3.8) is 0 Å². The van der Waals surface area contributed by atoms with Gasteiger partial charge in [0.1, 0.15) is 0 Å². The number of nitrogens with one attached hydrogen (secondary N) is 4. The molecule has 0 spiro atoms. The molecule has 92 valence electrons. The first kappa shape index (κ1) is 11.7. The number of urea groups is 1. The summed E-state index contributed by atoms with van der Waals surface area (Å²) in [5.74, 6) is 0.602. The molecule has 2 unspecified atom stereocenters. The molecule has 0 aromatic heterocycles. The van der Waals surface area contributed by atoms with Gasteiger partial charge in [-0.25, -0.2) is 4.79 Å². The standard InChI is InChI=1S/C11H22N4O/c16-11(14-8-9-4-6-12-7-9)15-10-3-1-2-5-13-10/h9-10,12-13H,1-8H2,(H2,14,15,16). The van der Waals surface area contributed by atoms with Gasteiger partial charge >= 0.3 is 6.03 Å². The van der Waals surface area contributed by atoms with E-state index in [1.807, 2.05) is 0 Å². The molecule has 0 aromatic rings. The summed E-state index contributed by atoms with van der Waals surface area (Å²) in [4.78, 5) is 11.6. The minimum Gasteiger partial charge on any atom is -0.338 e. The van der Waals surface area contributed by atoms with Crippen LogP contribution in [0, 0.1) is 5.92 Å². The first-order valence-corrected chi connectivity index (χ1v) is 6.33. The van der Waals surface area contributed by atoms with Gasteiger partial charge in [-0.2, -0.15) is 0 Å². The predicted octanol–water partition coefficient (Wildman–Crippen LogP) is -0.00530. The van der Waals surface area contributed by atoms with Gasteiger partial charge in [0, 0.05) is 6.54 Å². The van der Waals surface area contributed by atoms with Gasteiger partial charge in [-0.05, 0) is 51.2 Å². The highest BCUT2D eigenvalue weighted by molar-refractivity contribution is 5.74. The van der Waals surface area contributed by atoms with E-state index < -0.39 is 0 Å². The summed E-state index contributed by atoms with van der Waals surface area (Å²) in [6.45, 7) is 3.91. The Labute approximate surface area is 96.7 Å². The molecular weight excluding hydrogens is 204 g/mol. The van der Waals surface area contributed by atoms with Gasteiger partial charge in [-0.3, -0.25) is 5.32 Å². The van der Waals surface area contributed by atoms with E-state index in [4.69, 9.17) is 0 Å². The molecule has 0 aromatic carbocycles. The molecule has 2 saturated heterocycles. The highest BCUT2D eigenvalue weighted by Crippen LogP contribution is 2.06. The minimum atomic E-state index is -0.0358. The van der Waals surface area contributed by atoms with Crippen molar-refractivity contribution in [3.8, 4) is 0 Å². The van der Waals surface area contributed by atoms with Crippen LogP contribution in [0.25, 0.3) is 0 Å². The number of piperidine rings is 1. The maximum Gasteiger partial charge on any atom is 0.316 e. The van der Waals surface area contributed by atoms with Crippen molar-refractivity contribution in [3.05, 3.63) is 0 Å². The van der Waals surface area contributed by atoms with Crippen LogP contribution in [-0.4, -0.2) is 38.4 Å². The highest BCUT2D eigenvalue weighted by atomic mass is 16.2. The van der Waals surface area contributed by atoms with Gasteiger partial charge in [-0.1, -0.05) is 0 Å². The number of rotatable bonds is 3. The number of carbonyl (C=O) groups is 1. The molecule has 5 heteroatoms. The van der Waals surface area contributed by atoms with E-state index in [1.165, 1.54) is 19.3 Å². The molecule has 5 nitrogen and oxygen atoms in total. The lowest BCUT2D eigenvalue weighted by Crippen LogP contribution is -2.51. The van der Waals surface area contributed by atoms with Gasteiger partial charge in [0.15, 0.2) is 0 Å². The van der Waals surface area contributed by atoms with E-state index >= 15 is 0 Å². The fraction of sp³-hybridized carbons (Fsp3) is 0.909. The summed E-state index contributed by atoms with van der Waals surface area (Å²) in [6.07, 6.45) is 4.79. The second-order valence-corrected chi connectivity index (χ2v) is 4.72. The topological polar surface area (TPSA) is 65.2 Å². The average molecular weight is 226 g/mol. The van der Waals surface area contributed by atoms with Crippen molar-refractivity contribution in [1.82, 2.24) is 21.3 Å². The zero-order valence-electron chi connectivity index (χ0n) is 9.72. The maximum absolute atomic E-state index is 11.6. The highest BCUT2D eigenvalue weighted by Gasteiger charge is 2.17. The number of hydrogen-bond donors (Lipinski definition) is 4. The first-order valence-electron chi connectivity index (χ1n) is 6.33. The monoisotopic (exact) mass is 226 g/mol. The Kier molecular flexibility index (Phi) is 4.42. The van der Waals surface area contributed by atoms with Gasteiger partial charge in [0.25, 0.3) is 0 Å². The van der Waals surface area contributed by atoms with E-state index in [0.717, 1.165) is 32.6 Å². The molecule has 2 fully saturated rings. The number of amides is 2. The molecule has 2 aliphatic heterocycles. The maximum atomic E-state index is 11.6. The summed E-state index contributed by atoms with van der Waals surface area (Å²) in [5, 5.41) is 12.5. The lowest BCUT2D eigenvalue weighted by Gasteiger charge is -2.24. The zero-order chi connectivity index (χ0) is 11.2. The van der Waals surface area contributed by atoms with Crippen molar-refractivity contribution < 1.29 is 4.79 Å². The Balaban J connectivity index is 1.59.